The minimum Gasteiger partial charge on any atom is -0.383 e. The number of anilines is 2. The Balaban J connectivity index is 1.68. The van der Waals surface area contributed by atoms with Gasteiger partial charge in [0.25, 0.3) is 11.8 Å². The zero-order valence-electron chi connectivity index (χ0n) is 17.8. The highest BCUT2D eigenvalue weighted by molar-refractivity contribution is 7.99. The summed E-state index contributed by atoms with van der Waals surface area (Å²) < 4.78 is 5.22. The molecule has 0 aliphatic carbocycles. The van der Waals surface area contributed by atoms with E-state index in [1.165, 1.54) is 11.8 Å². The number of amides is 2. The van der Waals surface area contributed by atoms with Gasteiger partial charge >= 0.3 is 0 Å². The lowest BCUT2D eigenvalue weighted by molar-refractivity contribution is 0.0972. The molecule has 3 aromatic carbocycles. The van der Waals surface area contributed by atoms with Crippen molar-refractivity contribution < 1.29 is 14.3 Å². The fourth-order valence-corrected chi connectivity index (χ4v) is 4.61. The lowest BCUT2D eigenvalue weighted by Gasteiger charge is -2.23. The van der Waals surface area contributed by atoms with Gasteiger partial charge in [0.05, 0.1) is 17.9 Å². The van der Waals surface area contributed by atoms with Crippen molar-refractivity contribution in [1.82, 2.24) is 0 Å². The van der Waals surface area contributed by atoms with E-state index in [0.29, 0.717) is 30.0 Å². The highest BCUT2D eigenvalue weighted by Gasteiger charge is 2.27. The molecule has 3 aromatic rings. The Hall–Kier alpha value is -3.09. The van der Waals surface area contributed by atoms with Crippen LogP contribution in [-0.2, 0) is 4.74 Å². The molecule has 0 spiro atoms. The molecule has 0 unspecified atom stereocenters. The summed E-state index contributed by atoms with van der Waals surface area (Å²) in [4.78, 5) is 29.5. The van der Waals surface area contributed by atoms with Crippen molar-refractivity contribution in [3.05, 3.63) is 82.9 Å². The highest BCUT2D eigenvalue weighted by atomic mass is 32.2. The zero-order valence-corrected chi connectivity index (χ0v) is 18.6. The first-order valence-corrected chi connectivity index (χ1v) is 10.9. The Morgan fingerprint density at radius 1 is 1.00 bits per heavy atom. The van der Waals surface area contributed by atoms with Crippen LogP contribution < -0.4 is 10.2 Å². The van der Waals surface area contributed by atoms with Gasteiger partial charge in [-0.05, 0) is 67.4 Å². The van der Waals surface area contributed by atoms with Crippen LogP contribution in [0.3, 0.4) is 0 Å². The van der Waals surface area contributed by atoms with Gasteiger partial charge in [-0.2, -0.15) is 0 Å². The maximum Gasteiger partial charge on any atom is 0.259 e. The molecule has 1 N–H and O–H groups in total. The molecule has 1 heterocycles. The van der Waals surface area contributed by atoms with Gasteiger partial charge in [0.15, 0.2) is 0 Å². The molecule has 158 valence electrons. The number of aryl methyl sites for hydroxylation is 2. The Labute approximate surface area is 186 Å². The predicted molar refractivity (Wildman–Crippen MR) is 124 cm³/mol. The van der Waals surface area contributed by atoms with Gasteiger partial charge in [0, 0.05) is 34.7 Å². The highest BCUT2D eigenvalue weighted by Crippen LogP contribution is 2.42. The molecule has 0 bridgehead atoms. The molecule has 0 radical (unpaired) electrons. The second-order valence-corrected chi connectivity index (χ2v) is 8.57. The van der Waals surface area contributed by atoms with Crippen LogP contribution in [0.4, 0.5) is 11.4 Å². The van der Waals surface area contributed by atoms with Crippen LogP contribution in [0, 0.1) is 13.8 Å². The number of rotatable bonds is 5. The molecule has 0 aromatic heterocycles. The first kappa shape index (κ1) is 21.2. The van der Waals surface area contributed by atoms with Crippen LogP contribution >= 0.6 is 11.8 Å². The second-order valence-electron chi connectivity index (χ2n) is 7.48. The second kappa shape index (κ2) is 8.96. The lowest BCUT2D eigenvalue weighted by Crippen LogP contribution is -2.33. The summed E-state index contributed by atoms with van der Waals surface area (Å²) >= 11 is 1.53. The molecule has 1 aliphatic heterocycles. The third-order valence-corrected chi connectivity index (χ3v) is 6.50. The number of nitrogens with zero attached hydrogens (tertiary/aromatic N) is 1. The van der Waals surface area contributed by atoms with E-state index >= 15 is 0 Å². The normalized spacial score (nSPS) is 12.7. The Kier molecular flexibility index (Phi) is 6.11. The Morgan fingerprint density at radius 3 is 2.58 bits per heavy atom. The minimum absolute atomic E-state index is 0.0502. The molecule has 0 atom stereocenters. The number of nitrogens with one attached hydrogen (secondary N) is 1. The van der Waals surface area contributed by atoms with Crippen molar-refractivity contribution in [3.63, 3.8) is 0 Å². The Bertz CT molecular complexity index is 1160. The topological polar surface area (TPSA) is 58.6 Å². The predicted octanol–water partition coefficient (Wildman–Crippen LogP) is 5.31. The van der Waals surface area contributed by atoms with Crippen LogP contribution in [0.1, 0.15) is 31.8 Å². The number of carbonyl (C=O) groups is 2. The van der Waals surface area contributed by atoms with Crippen LogP contribution in [0.15, 0.2) is 70.5 Å². The maximum atomic E-state index is 13.2. The Morgan fingerprint density at radius 2 is 1.81 bits per heavy atom. The summed E-state index contributed by atoms with van der Waals surface area (Å²) in [5.74, 6) is -0.208. The van der Waals surface area contributed by atoms with E-state index in [2.05, 4.69) is 5.32 Å². The monoisotopic (exact) mass is 432 g/mol. The quantitative estimate of drug-likeness (QED) is 0.593. The van der Waals surface area contributed by atoms with Crippen LogP contribution in [0.25, 0.3) is 0 Å². The van der Waals surface area contributed by atoms with E-state index in [1.54, 1.807) is 12.0 Å². The van der Waals surface area contributed by atoms with E-state index in [-0.39, 0.29) is 11.8 Å². The van der Waals surface area contributed by atoms with Crippen LogP contribution in [0.2, 0.25) is 0 Å². The molecule has 4 rings (SSSR count). The first-order chi connectivity index (χ1) is 15.0. The molecular formula is C25H24N2O3S. The molecule has 0 saturated heterocycles. The van der Waals surface area contributed by atoms with E-state index in [4.69, 9.17) is 4.74 Å². The third kappa shape index (κ3) is 4.36. The first-order valence-electron chi connectivity index (χ1n) is 10.1. The van der Waals surface area contributed by atoms with Crippen molar-refractivity contribution in [3.8, 4) is 0 Å². The van der Waals surface area contributed by atoms with Crippen molar-refractivity contribution in [1.29, 1.82) is 0 Å². The van der Waals surface area contributed by atoms with Gasteiger partial charge in [0.1, 0.15) is 0 Å². The maximum absolute atomic E-state index is 13.2. The van der Waals surface area contributed by atoms with Crippen molar-refractivity contribution in [2.75, 3.05) is 30.5 Å². The minimum atomic E-state index is -0.158. The molecule has 1 aliphatic rings. The molecule has 0 saturated carbocycles. The molecule has 6 heteroatoms. The fourth-order valence-electron chi connectivity index (χ4n) is 3.49. The van der Waals surface area contributed by atoms with Crippen molar-refractivity contribution >= 4 is 35.0 Å². The van der Waals surface area contributed by atoms with Gasteiger partial charge < -0.3 is 15.0 Å². The fraction of sp³-hybridized carbons (Fsp3) is 0.200. The number of ether oxygens (including phenoxy) is 1. The summed E-state index contributed by atoms with van der Waals surface area (Å²) in [6, 6.07) is 18.9. The van der Waals surface area contributed by atoms with Gasteiger partial charge in [-0.1, -0.05) is 30.0 Å². The number of benzene rings is 3. The largest absolute Gasteiger partial charge is 0.383 e. The van der Waals surface area contributed by atoms with Gasteiger partial charge in [-0.3, -0.25) is 9.59 Å². The lowest BCUT2D eigenvalue weighted by atomic mass is 10.1. The average molecular weight is 433 g/mol. The van der Waals surface area contributed by atoms with Gasteiger partial charge in [-0.25, -0.2) is 0 Å². The smallest absolute Gasteiger partial charge is 0.259 e. The third-order valence-electron chi connectivity index (χ3n) is 5.38. The van der Waals surface area contributed by atoms with E-state index in [0.717, 1.165) is 26.6 Å². The molecule has 31 heavy (non-hydrogen) atoms. The molecule has 2 amide bonds. The van der Waals surface area contributed by atoms with Crippen molar-refractivity contribution in [2.45, 2.75) is 23.6 Å². The zero-order chi connectivity index (χ0) is 22.0. The van der Waals surface area contributed by atoms with E-state index in [9.17, 15) is 9.59 Å². The van der Waals surface area contributed by atoms with E-state index in [1.807, 2.05) is 74.5 Å². The summed E-state index contributed by atoms with van der Waals surface area (Å²) in [5, 5.41) is 2.99. The van der Waals surface area contributed by atoms with Crippen molar-refractivity contribution in [2.24, 2.45) is 0 Å². The van der Waals surface area contributed by atoms with Crippen LogP contribution in [-0.4, -0.2) is 32.1 Å². The summed E-state index contributed by atoms with van der Waals surface area (Å²) in [5.41, 5.74) is 5.01. The molecular weight excluding hydrogens is 408 g/mol. The number of fused-ring (bicyclic) bond motifs is 2. The van der Waals surface area contributed by atoms with Gasteiger partial charge in [0.2, 0.25) is 0 Å². The van der Waals surface area contributed by atoms with Gasteiger partial charge in [-0.15, -0.1) is 0 Å². The number of methoxy groups -OCH3 is 1. The number of hydrogen-bond acceptors (Lipinski definition) is 4. The average Bonchev–Trinajstić information content (AvgIpc) is 2.88. The summed E-state index contributed by atoms with van der Waals surface area (Å²) in [7, 11) is 1.62. The standard InChI is InChI=1S/C25H24N2O3S/c1-16-8-9-18(14-17(16)2)24(28)26-19-10-11-21-23(15-19)31-22-7-5-4-6-20(22)25(29)27(21)12-13-30-3/h4-11,14-15H,12-13H2,1-3H3,(H,26,28). The number of hydrogen-bond donors (Lipinski definition) is 1. The van der Waals surface area contributed by atoms with Crippen LogP contribution in [0.5, 0.6) is 0 Å². The summed E-state index contributed by atoms with van der Waals surface area (Å²) in [6.07, 6.45) is 0. The summed E-state index contributed by atoms with van der Waals surface area (Å²) in [6.45, 7) is 4.90. The molecule has 5 nitrogen and oxygen atoms in total. The SMILES string of the molecule is COCCN1C(=O)c2ccccc2Sc2cc(NC(=O)c3ccc(C)c(C)c3)ccc21. The molecule has 0 fully saturated rings. The van der Waals surface area contributed by atoms with E-state index < -0.39 is 0 Å². The number of carbonyl (C=O) groups excluding carboxylic acids is 2.